The zero-order valence-corrected chi connectivity index (χ0v) is 12.0. The highest BCUT2D eigenvalue weighted by Gasteiger charge is 2.31. The Labute approximate surface area is 121 Å². The summed E-state index contributed by atoms with van der Waals surface area (Å²) in [5.41, 5.74) is 4.48. The molecular formula is C16H14BrNO. The van der Waals surface area contributed by atoms with Crippen LogP contribution in [0.15, 0.2) is 48.5 Å². The Morgan fingerprint density at radius 3 is 2.84 bits per heavy atom. The molecule has 1 unspecified atom stereocenters. The molecule has 0 saturated carbocycles. The highest BCUT2D eigenvalue weighted by molar-refractivity contribution is 9.08. The van der Waals surface area contributed by atoms with Crippen LogP contribution in [0.25, 0.3) is 0 Å². The van der Waals surface area contributed by atoms with Crippen LogP contribution < -0.4 is 5.32 Å². The van der Waals surface area contributed by atoms with E-state index in [4.69, 9.17) is 0 Å². The van der Waals surface area contributed by atoms with Crippen LogP contribution in [-0.2, 0) is 16.5 Å². The van der Waals surface area contributed by atoms with Gasteiger partial charge in [0.2, 0.25) is 5.91 Å². The monoisotopic (exact) mass is 315 g/mol. The molecule has 3 rings (SSSR count). The first-order valence-electron chi connectivity index (χ1n) is 6.31. The van der Waals surface area contributed by atoms with Gasteiger partial charge in [-0.05, 0) is 35.2 Å². The van der Waals surface area contributed by atoms with Gasteiger partial charge in [-0.3, -0.25) is 4.79 Å². The summed E-state index contributed by atoms with van der Waals surface area (Å²) in [5, 5.41) is 3.79. The van der Waals surface area contributed by atoms with Crippen molar-refractivity contribution in [2.24, 2.45) is 0 Å². The third kappa shape index (κ3) is 2.43. The van der Waals surface area contributed by atoms with E-state index in [1.807, 2.05) is 42.5 Å². The van der Waals surface area contributed by atoms with E-state index in [-0.39, 0.29) is 11.8 Å². The van der Waals surface area contributed by atoms with Crippen molar-refractivity contribution in [2.75, 3.05) is 5.32 Å². The van der Waals surface area contributed by atoms with Crippen LogP contribution >= 0.6 is 15.9 Å². The van der Waals surface area contributed by atoms with Gasteiger partial charge in [0.1, 0.15) is 0 Å². The third-order valence-electron chi connectivity index (χ3n) is 3.52. The van der Waals surface area contributed by atoms with Crippen LogP contribution in [0.1, 0.15) is 22.6 Å². The summed E-state index contributed by atoms with van der Waals surface area (Å²) >= 11 is 3.42. The fourth-order valence-electron chi connectivity index (χ4n) is 2.45. The Balaban J connectivity index is 1.73. The molecule has 0 radical (unpaired) electrons. The molecule has 0 fully saturated rings. The second kappa shape index (κ2) is 5.17. The van der Waals surface area contributed by atoms with Crippen LogP contribution in [0.2, 0.25) is 0 Å². The average Bonchev–Trinajstić information content (AvgIpc) is 2.40. The fraction of sp³-hybridized carbons (Fsp3) is 0.188. The van der Waals surface area contributed by atoms with E-state index in [1.54, 1.807) is 0 Å². The Hall–Kier alpha value is -1.61. The lowest BCUT2D eigenvalue weighted by Crippen LogP contribution is -2.30. The first-order chi connectivity index (χ1) is 9.28. The van der Waals surface area contributed by atoms with Crippen molar-refractivity contribution in [1.29, 1.82) is 0 Å². The number of amides is 1. The molecule has 0 bridgehead atoms. The van der Waals surface area contributed by atoms with E-state index in [2.05, 4.69) is 27.3 Å². The lowest BCUT2D eigenvalue weighted by atomic mass is 9.77. The van der Waals surface area contributed by atoms with Crippen LogP contribution in [0.5, 0.6) is 0 Å². The van der Waals surface area contributed by atoms with E-state index < -0.39 is 0 Å². The van der Waals surface area contributed by atoms with Crippen LogP contribution in [0.4, 0.5) is 5.69 Å². The van der Waals surface area contributed by atoms with Crippen LogP contribution in [0, 0.1) is 0 Å². The smallest absolute Gasteiger partial charge is 0.232 e. The summed E-state index contributed by atoms with van der Waals surface area (Å²) in [7, 11) is 0. The summed E-state index contributed by atoms with van der Waals surface area (Å²) in [5.74, 6) is 0.0919. The number of halogens is 1. The van der Waals surface area contributed by atoms with Crippen molar-refractivity contribution in [3.05, 3.63) is 65.2 Å². The highest BCUT2D eigenvalue weighted by atomic mass is 79.9. The van der Waals surface area contributed by atoms with Crippen molar-refractivity contribution in [3.63, 3.8) is 0 Å². The molecule has 2 nitrogen and oxygen atoms in total. The van der Waals surface area contributed by atoms with Gasteiger partial charge in [0.25, 0.3) is 0 Å². The zero-order valence-electron chi connectivity index (χ0n) is 10.4. The molecule has 1 N–H and O–H groups in total. The second-order valence-electron chi connectivity index (χ2n) is 4.78. The maximum absolute atomic E-state index is 12.2. The largest absolute Gasteiger partial charge is 0.326 e. The Kier molecular flexibility index (Phi) is 3.38. The molecule has 1 aliphatic carbocycles. The van der Waals surface area contributed by atoms with Gasteiger partial charge in [0.15, 0.2) is 0 Å². The minimum atomic E-state index is 0.00354. The number of nitrogens with one attached hydrogen (secondary N) is 1. The predicted molar refractivity (Wildman–Crippen MR) is 80.6 cm³/mol. The van der Waals surface area contributed by atoms with Crippen molar-refractivity contribution in [1.82, 2.24) is 0 Å². The molecule has 1 atom stereocenters. The number of hydrogen-bond donors (Lipinski definition) is 1. The number of alkyl halides is 1. The number of rotatable bonds is 3. The predicted octanol–water partition coefficient (Wildman–Crippen LogP) is 3.86. The Bertz CT molecular complexity index is 624. The first-order valence-corrected chi connectivity index (χ1v) is 7.43. The van der Waals surface area contributed by atoms with Gasteiger partial charge in [-0.2, -0.15) is 0 Å². The van der Waals surface area contributed by atoms with E-state index >= 15 is 0 Å². The minimum Gasteiger partial charge on any atom is -0.326 e. The summed E-state index contributed by atoms with van der Waals surface area (Å²) in [6.07, 6.45) is 0.847. The summed E-state index contributed by atoms with van der Waals surface area (Å²) in [6.45, 7) is 0. The van der Waals surface area contributed by atoms with Gasteiger partial charge in [-0.25, -0.2) is 0 Å². The first kappa shape index (κ1) is 12.4. The molecular weight excluding hydrogens is 302 g/mol. The topological polar surface area (TPSA) is 29.1 Å². The van der Waals surface area contributed by atoms with E-state index in [0.717, 1.165) is 28.6 Å². The molecule has 0 heterocycles. The zero-order chi connectivity index (χ0) is 13.2. The lowest BCUT2D eigenvalue weighted by molar-refractivity contribution is -0.118. The van der Waals surface area contributed by atoms with E-state index in [9.17, 15) is 4.79 Å². The lowest BCUT2D eigenvalue weighted by Gasteiger charge is -2.28. The third-order valence-corrected chi connectivity index (χ3v) is 4.17. The number of carbonyl (C=O) groups excluding carboxylic acids is 1. The van der Waals surface area contributed by atoms with Crippen molar-refractivity contribution in [2.45, 2.75) is 17.7 Å². The van der Waals surface area contributed by atoms with Crippen molar-refractivity contribution in [3.8, 4) is 0 Å². The van der Waals surface area contributed by atoms with E-state index in [0.29, 0.717) is 0 Å². The minimum absolute atomic E-state index is 0.00354. The molecule has 0 spiro atoms. The van der Waals surface area contributed by atoms with Gasteiger partial charge < -0.3 is 5.32 Å². The molecule has 1 aliphatic rings. The Morgan fingerprint density at radius 2 is 2.05 bits per heavy atom. The molecule has 19 heavy (non-hydrogen) atoms. The molecule has 3 heteroatoms. The maximum Gasteiger partial charge on any atom is 0.232 e. The van der Waals surface area contributed by atoms with Gasteiger partial charge in [-0.15, -0.1) is 0 Å². The molecule has 96 valence electrons. The van der Waals surface area contributed by atoms with Gasteiger partial charge >= 0.3 is 0 Å². The molecule has 0 aliphatic heterocycles. The maximum atomic E-state index is 12.2. The molecule has 0 saturated heterocycles. The second-order valence-corrected chi connectivity index (χ2v) is 5.34. The standard InChI is InChI=1S/C16H14BrNO/c17-10-11-4-3-6-13(8-11)18-16(19)15-9-12-5-1-2-7-14(12)15/h1-8,15H,9-10H2,(H,18,19). The van der Waals surface area contributed by atoms with Gasteiger partial charge in [0.05, 0.1) is 5.92 Å². The number of benzene rings is 2. The van der Waals surface area contributed by atoms with E-state index in [1.165, 1.54) is 5.56 Å². The SMILES string of the molecule is O=C(Nc1cccc(CBr)c1)C1Cc2ccccc21. The average molecular weight is 316 g/mol. The van der Waals surface area contributed by atoms with Crippen LogP contribution in [-0.4, -0.2) is 5.91 Å². The molecule has 0 aromatic heterocycles. The number of hydrogen-bond acceptors (Lipinski definition) is 1. The summed E-state index contributed by atoms with van der Waals surface area (Å²) in [4.78, 5) is 12.2. The molecule has 2 aromatic rings. The van der Waals surface area contributed by atoms with Gasteiger partial charge in [-0.1, -0.05) is 52.3 Å². The fourth-order valence-corrected chi connectivity index (χ4v) is 2.80. The summed E-state index contributed by atoms with van der Waals surface area (Å²) < 4.78 is 0. The normalized spacial score (nSPS) is 16.4. The highest BCUT2D eigenvalue weighted by Crippen LogP contribution is 2.35. The molecule has 2 aromatic carbocycles. The Morgan fingerprint density at radius 1 is 1.21 bits per heavy atom. The number of anilines is 1. The summed E-state index contributed by atoms with van der Waals surface area (Å²) in [6, 6.07) is 16.1. The van der Waals surface area contributed by atoms with Crippen molar-refractivity contribution < 1.29 is 4.79 Å². The number of carbonyl (C=O) groups is 1. The van der Waals surface area contributed by atoms with Gasteiger partial charge in [0, 0.05) is 11.0 Å². The van der Waals surface area contributed by atoms with Crippen molar-refractivity contribution >= 4 is 27.5 Å². The quantitative estimate of drug-likeness (QED) is 0.856. The van der Waals surface area contributed by atoms with Crippen LogP contribution in [0.3, 0.4) is 0 Å². The number of fused-ring (bicyclic) bond motifs is 1. The molecule has 1 amide bonds.